The molecular weight excluding hydrogens is 260 g/mol. The molecule has 2 fully saturated rings. The number of nitrogens with zero attached hydrogens (tertiary/aromatic N) is 1. The van der Waals surface area contributed by atoms with Crippen LogP contribution in [0.3, 0.4) is 0 Å². The van der Waals surface area contributed by atoms with E-state index in [0.717, 1.165) is 37.6 Å². The Hall–Kier alpha value is -0.900. The Morgan fingerprint density at radius 2 is 1.76 bits per heavy atom. The number of hydrogen-bond acceptors (Lipinski definition) is 3. The van der Waals surface area contributed by atoms with Gasteiger partial charge in [0.1, 0.15) is 0 Å². The van der Waals surface area contributed by atoms with Crippen molar-refractivity contribution in [1.82, 2.24) is 4.90 Å². The van der Waals surface area contributed by atoms with Crippen molar-refractivity contribution in [1.29, 1.82) is 0 Å². The molecule has 3 atom stereocenters. The van der Waals surface area contributed by atoms with Crippen molar-refractivity contribution in [3.05, 3.63) is 35.4 Å². The van der Waals surface area contributed by atoms with Crippen LogP contribution in [0.15, 0.2) is 24.3 Å². The summed E-state index contributed by atoms with van der Waals surface area (Å²) in [5.74, 6) is 1.66. The lowest BCUT2D eigenvalue weighted by Gasteiger charge is -2.40. The summed E-state index contributed by atoms with van der Waals surface area (Å²) in [4.78, 5) is 2.70. The molecule has 3 unspecified atom stereocenters. The Kier molecular flexibility index (Phi) is 3.74. The van der Waals surface area contributed by atoms with Gasteiger partial charge in [-0.3, -0.25) is 4.90 Å². The van der Waals surface area contributed by atoms with E-state index in [2.05, 4.69) is 29.2 Å². The molecule has 3 aliphatic rings. The zero-order chi connectivity index (χ0) is 14.2. The van der Waals surface area contributed by atoms with Gasteiger partial charge in [-0.05, 0) is 48.6 Å². The summed E-state index contributed by atoms with van der Waals surface area (Å²) in [5, 5.41) is 0. The van der Waals surface area contributed by atoms with Gasteiger partial charge in [-0.15, -0.1) is 0 Å². The third-order valence-electron chi connectivity index (χ3n) is 5.81. The molecule has 2 N–H and O–H groups in total. The smallest absolute Gasteiger partial charge is 0.0824 e. The molecule has 1 aromatic carbocycles. The van der Waals surface area contributed by atoms with Gasteiger partial charge >= 0.3 is 0 Å². The van der Waals surface area contributed by atoms with Crippen molar-refractivity contribution < 1.29 is 4.74 Å². The number of hydrogen-bond donors (Lipinski definition) is 1. The summed E-state index contributed by atoms with van der Waals surface area (Å²) in [6, 6.07) is 9.83. The highest BCUT2D eigenvalue weighted by atomic mass is 16.5. The average Bonchev–Trinajstić information content (AvgIpc) is 2.82. The highest BCUT2D eigenvalue weighted by molar-refractivity contribution is 5.31. The first-order chi connectivity index (χ1) is 10.3. The SMILES string of the molecule is NCC1CN(C2C3CCC2Cc2ccccc2C3)CCO1. The molecule has 2 aliphatic carbocycles. The second kappa shape index (κ2) is 5.71. The van der Waals surface area contributed by atoms with Crippen molar-refractivity contribution in [2.75, 3.05) is 26.2 Å². The summed E-state index contributed by atoms with van der Waals surface area (Å²) in [7, 11) is 0. The fraction of sp³-hybridized carbons (Fsp3) is 0.667. The lowest BCUT2D eigenvalue weighted by atomic mass is 9.93. The minimum Gasteiger partial charge on any atom is -0.374 e. The minimum absolute atomic E-state index is 0.240. The molecule has 0 aromatic heterocycles. The van der Waals surface area contributed by atoms with Gasteiger partial charge in [0.2, 0.25) is 0 Å². The van der Waals surface area contributed by atoms with Gasteiger partial charge in [0, 0.05) is 25.7 Å². The molecule has 114 valence electrons. The maximum Gasteiger partial charge on any atom is 0.0824 e. The molecule has 0 spiro atoms. The highest BCUT2D eigenvalue weighted by Gasteiger charge is 2.43. The molecule has 0 amide bonds. The van der Waals surface area contributed by atoms with Crippen LogP contribution in [0.5, 0.6) is 0 Å². The van der Waals surface area contributed by atoms with Crippen LogP contribution in [-0.4, -0.2) is 43.3 Å². The van der Waals surface area contributed by atoms with Crippen molar-refractivity contribution in [2.24, 2.45) is 17.6 Å². The number of fused-ring (bicyclic) bond motifs is 3. The lowest BCUT2D eigenvalue weighted by molar-refractivity contribution is -0.0504. The van der Waals surface area contributed by atoms with Gasteiger partial charge in [0.05, 0.1) is 12.7 Å². The maximum atomic E-state index is 5.83. The summed E-state index contributed by atoms with van der Waals surface area (Å²) in [6.07, 6.45) is 5.57. The van der Waals surface area contributed by atoms with Crippen molar-refractivity contribution in [3.63, 3.8) is 0 Å². The summed E-state index contributed by atoms with van der Waals surface area (Å²) >= 11 is 0. The highest BCUT2D eigenvalue weighted by Crippen LogP contribution is 2.43. The zero-order valence-corrected chi connectivity index (χ0v) is 12.7. The third kappa shape index (κ3) is 2.52. The lowest BCUT2D eigenvalue weighted by Crippen LogP contribution is -2.52. The Morgan fingerprint density at radius 1 is 1.10 bits per heavy atom. The van der Waals surface area contributed by atoms with Gasteiger partial charge in [-0.2, -0.15) is 0 Å². The number of morpholine rings is 1. The van der Waals surface area contributed by atoms with E-state index in [1.54, 1.807) is 11.1 Å². The van der Waals surface area contributed by atoms with Crippen LogP contribution in [0.4, 0.5) is 0 Å². The first kappa shape index (κ1) is 13.7. The summed E-state index contributed by atoms with van der Waals surface area (Å²) < 4.78 is 5.77. The average molecular weight is 286 g/mol. The summed E-state index contributed by atoms with van der Waals surface area (Å²) in [5.41, 5.74) is 9.02. The Labute approximate surface area is 127 Å². The minimum atomic E-state index is 0.240. The molecular formula is C18H26N2O. The number of ether oxygens (including phenoxy) is 1. The van der Waals surface area contributed by atoms with Gasteiger partial charge in [0.25, 0.3) is 0 Å². The number of benzene rings is 1. The predicted molar refractivity (Wildman–Crippen MR) is 84.2 cm³/mol. The van der Waals surface area contributed by atoms with Crippen LogP contribution >= 0.6 is 0 Å². The maximum absolute atomic E-state index is 5.83. The van der Waals surface area contributed by atoms with E-state index in [4.69, 9.17) is 10.5 Å². The van der Waals surface area contributed by atoms with Crippen molar-refractivity contribution in [2.45, 2.75) is 37.8 Å². The van der Waals surface area contributed by atoms with E-state index in [0.29, 0.717) is 6.54 Å². The molecule has 0 radical (unpaired) electrons. The van der Waals surface area contributed by atoms with Gasteiger partial charge in [-0.1, -0.05) is 24.3 Å². The van der Waals surface area contributed by atoms with Crippen molar-refractivity contribution >= 4 is 0 Å². The first-order valence-electron chi connectivity index (χ1n) is 8.47. The van der Waals surface area contributed by atoms with Gasteiger partial charge in [0.15, 0.2) is 0 Å². The molecule has 1 saturated carbocycles. The normalized spacial score (nSPS) is 36.2. The fourth-order valence-corrected chi connectivity index (χ4v) is 4.87. The zero-order valence-electron chi connectivity index (χ0n) is 12.7. The molecule has 4 rings (SSSR count). The molecule has 1 aromatic rings. The number of rotatable bonds is 2. The number of nitrogens with two attached hydrogens (primary N) is 1. The van der Waals surface area contributed by atoms with E-state index >= 15 is 0 Å². The molecule has 3 heteroatoms. The van der Waals surface area contributed by atoms with E-state index in [1.807, 2.05) is 0 Å². The van der Waals surface area contributed by atoms with E-state index in [-0.39, 0.29) is 6.10 Å². The van der Waals surface area contributed by atoms with Gasteiger partial charge < -0.3 is 10.5 Å². The van der Waals surface area contributed by atoms with Gasteiger partial charge in [-0.25, -0.2) is 0 Å². The van der Waals surface area contributed by atoms with Crippen molar-refractivity contribution in [3.8, 4) is 0 Å². The molecule has 3 nitrogen and oxygen atoms in total. The largest absolute Gasteiger partial charge is 0.374 e. The molecule has 21 heavy (non-hydrogen) atoms. The molecule has 1 heterocycles. The Bertz CT molecular complexity index is 471. The quantitative estimate of drug-likeness (QED) is 0.901. The fourth-order valence-electron chi connectivity index (χ4n) is 4.87. The van der Waals surface area contributed by atoms with Crippen LogP contribution in [0, 0.1) is 11.8 Å². The predicted octanol–water partition coefficient (Wildman–Crippen LogP) is 1.84. The van der Waals surface area contributed by atoms with E-state index in [1.165, 1.54) is 25.7 Å². The molecule has 1 saturated heterocycles. The van der Waals surface area contributed by atoms with Crippen LogP contribution < -0.4 is 5.73 Å². The second-order valence-electron chi connectivity index (χ2n) is 6.99. The monoisotopic (exact) mass is 286 g/mol. The second-order valence-corrected chi connectivity index (χ2v) is 6.99. The molecule has 1 aliphatic heterocycles. The topological polar surface area (TPSA) is 38.5 Å². The first-order valence-corrected chi connectivity index (χ1v) is 8.47. The third-order valence-corrected chi connectivity index (χ3v) is 5.81. The Balaban J connectivity index is 1.57. The van der Waals surface area contributed by atoms with Crippen LogP contribution in [0.2, 0.25) is 0 Å². The van der Waals surface area contributed by atoms with E-state index in [9.17, 15) is 0 Å². The van der Waals surface area contributed by atoms with Crippen LogP contribution in [0.1, 0.15) is 24.0 Å². The molecule has 2 bridgehead atoms. The standard InChI is InChI=1S/C18H26N2O/c19-11-17-12-20(7-8-21-17)18-15-5-6-16(18)10-14-4-2-1-3-13(14)9-15/h1-4,15-18H,5-12,19H2. The van der Waals surface area contributed by atoms with Crippen LogP contribution in [-0.2, 0) is 17.6 Å². The summed E-state index contributed by atoms with van der Waals surface area (Å²) in [6.45, 7) is 3.62. The Morgan fingerprint density at radius 3 is 2.38 bits per heavy atom. The van der Waals surface area contributed by atoms with E-state index < -0.39 is 0 Å². The van der Waals surface area contributed by atoms with Crippen LogP contribution in [0.25, 0.3) is 0 Å².